The maximum absolute atomic E-state index is 12.1. The molecule has 0 radical (unpaired) electrons. The van der Waals surface area contributed by atoms with Crippen molar-refractivity contribution in [3.63, 3.8) is 0 Å². The number of nitrogens with one attached hydrogen (secondary N) is 1. The van der Waals surface area contributed by atoms with Crippen LogP contribution >= 0.6 is 0 Å². The van der Waals surface area contributed by atoms with Crippen molar-refractivity contribution in [1.29, 1.82) is 0 Å². The Bertz CT molecular complexity index is 524. The zero-order valence-electron chi connectivity index (χ0n) is 13.9. The Morgan fingerprint density at radius 3 is 2.52 bits per heavy atom. The van der Waals surface area contributed by atoms with E-state index in [1.165, 1.54) is 11.1 Å². The minimum Gasteiger partial charge on any atom is -0.481 e. The number of carbonyl (C=O) groups excluding carboxylic acids is 1. The van der Waals surface area contributed by atoms with Crippen molar-refractivity contribution in [3.05, 3.63) is 35.4 Å². The number of carboxylic acid groups (broad SMARTS) is 1. The maximum atomic E-state index is 12.1. The van der Waals surface area contributed by atoms with E-state index in [2.05, 4.69) is 36.5 Å². The van der Waals surface area contributed by atoms with Crippen LogP contribution in [-0.2, 0) is 16.0 Å². The van der Waals surface area contributed by atoms with E-state index in [-0.39, 0.29) is 11.9 Å². The SMILES string of the molecule is Cc1ccc(CCCC(=O)N[C@H]2CCCCC[C@H]2C(=O)O)cc1. The highest BCUT2D eigenvalue weighted by molar-refractivity contribution is 5.78. The fourth-order valence-electron chi connectivity index (χ4n) is 3.26. The highest BCUT2D eigenvalue weighted by Gasteiger charge is 2.30. The van der Waals surface area contributed by atoms with Gasteiger partial charge in [0, 0.05) is 12.5 Å². The van der Waals surface area contributed by atoms with E-state index in [0.717, 1.165) is 38.5 Å². The molecule has 1 fully saturated rings. The molecule has 1 aromatic rings. The van der Waals surface area contributed by atoms with Gasteiger partial charge in [-0.2, -0.15) is 0 Å². The first-order chi connectivity index (χ1) is 11.1. The van der Waals surface area contributed by atoms with Crippen molar-refractivity contribution in [2.75, 3.05) is 0 Å². The lowest BCUT2D eigenvalue weighted by atomic mass is 9.94. The van der Waals surface area contributed by atoms with Crippen molar-refractivity contribution in [2.24, 2.45) is 5.92 Å². The third kappa shape index (κ3) is 5.70. The van der Waals surface area contributed by atoms with Crippen LogP contribution in [0.1, 0.15) is 56.1 Å². The molecule has 1 amide bonds. The number of hydrogen-bond donors (Lipinski definition) is 2. The molecular formula is C19H27NO3. The quantitative estimate of drug-likeness (QED) is 0.790. The molecule has 0 aliphatic heterocycles. The second-order valence-electron chi connectivity index (χ2n) is 6.60. The van der Waals surface area contributed by atoms with Crippen LogP contribution in [0.3, 0.4) is 0 Å². The minimum atomic E-state index is -0.781. The van der Waals surface area contributed by atoms with Gasteiger partial charge in [0.25, 0.3) is 0 Å². The van der Waals surface area contributed by atoms with Gasteiger partial charge < -0.3 is 10.4 Å². The first-order valence-electron chi connectivity index (χ1n) is 8.64. The van der Waals surface area contributed by atoms with Crippen molar-refractivity contribution >= 4 is 11.9 Å². The summed E-state index contributed by atoms with van der Waals surface area (Å²) in [4.78, 5) is 23.5. The van der Waals surface area contributed by atoms with E-state index < -0.39 is 11.9 Å². The molecule has 23 heavy (non-hydrogen) atoms. The largest absolute Gasteiger partial charge is 0.481 e. The van der Waals surface area contributed by atoms with Gasteiger partial charge in [-0.3, -0.25) is 9.59 Å². The first kappa shape index (κ1) is 17.5. The van der Waals surface area contributed by atoms with Crippen molar-refractivity contribution in [3.8, 4) is 0 Å². The summed E-state index contributed by atoms with van der Waals surface area (Å²) in [5.74, 6) is -1.23. The number of benzene rings is 1. The van der Waals surface area contributed by atoms with Crippen molar-refractivity contribution in [2.45, 2.75) is 64.3 Å². The lowest BCUT2D eigenvalue weighted by Gasteiger charge is -2.22. The zero-order chi connectivity index (χ0) is 16.7. The van der Waals surface area contributed by atoms with Gasteiger partial charge in [-0.1, -0.05) is 49.1 Å². The third-order valence-electron chi connectivity index (χ3n) is 4.67. The molecule has 0 aromatic heterocycles. The molecule has 0 unspecified atom stereocenters. The van der Waals surface area contributed by atoms with Crippen LogP contribution in [0.25, 0.3) is 0 Å². The normalized spacial score (nSPS) is 21.4. The molecular weight excluding hydrogens is 290 g/mol. The summed E-state index contributed by atoms with van der Waals surface area (Å²) in [6.07, 6.45) is 6.57. The molecule has 1 aromatic carbocycles. The Balaban J connectivity index is 1.78. The van der Waals surface area contributed by atoms with Crippen LogP contribution < -0.4 is 5.32 Å². The highest BCUT2D eigenvalue weighted by Crippen LogP contribution is 2.24. The summed E-state index contributed by atoms with van der Waals surface area (Å²) in [5, 5.41) is 12.3. The summed E-state index contributed by atoms with van der Waals surface area (Å²) in [7, 11) is 0. The number of carboxylic acids is 1. The molecule has 4 heteroatoms. The second-order valence-corrected chi connectivity index (χ2v) is 6.60. The smallest absolute Gasteiger partial charge is 0.308 e. The minimum absolute atomic E-state index is 0.0183. The molecule has 126 valence electrons. The van der Waals surface area contributed by atoms with Gasteiger partial charge in [0.05, 0.1) is 5.92 Å². The van der Waals surface area contributed by atoms with Gasteiger partial charge in [0.2, 0.25) is 5.91 Å². The number of aryl methyl sites for hydroxylation is 2. The van der Waals surface area contributed by atoms with Gasteiger partial charge >= 0.3 is 5.97 Å². The fourth-order valence-corrected chi connectivity index (χ4v) is 3.26. The summed E-state index contributed by atoms with van der Waals surface area (Å²) in [6, 6.07) is 8.15. The summed E-state index contributed by atoms with van der Waals surface area (Å²) < 4.78 is 0. The van der Waals surface area contributed by atoms with Crippen molar-refractivity contribution < 1.29 is 14.7 Å². The van der Waals surface area contributed by atoms with Crippen LogP contribution in [0.4, 0.5) is 0 Å². The Morgan fingerprint density at radius 2 is 1.83 bits per heavy atom. The molecule has 2 rings (SSSR count). The first-order valence-corrected chi connectivity index (χ1v) is 8.64. The Kier molecular flexibility index (Phi) is 6.63. The zero-order valence-corrected chi connectivity index (χ0v) is 13.9. The molecule has 1 aliphatic carbocycles. The van der Waals surface area contributed by atoms with Gasteiger partial charge in [0.15, 0.2) is 0 Å². The summed E-state index contributed by atoms with van der Waals surface area (Å²) >= 11 is 0. The Labute approximate surface area is 138 Å². The second kappa shape index (κ2) is 8.70. The third-order valence-corrected chi connectivity index (χ3v) is 4.67. The van der Waals surface area contributed by atoms with Crippen LogP contribution in [0, 0.1) is 12.8 Å². The summed E-state index contributed by atoms with van der Waals surface area (Å²) in [6.45, 7) is 2.06. The number of aliphatic carboxylic acids is 1. The number of carbonyl (C=O) groups is 2. The Hall–Kier alpha value is -1.84. The standard InChI is InChI=1S/C19H27NO3/c1-14-10-12-15(13-11-14)6-5-9-18(21)20-17-8-4-2-3-7-16(17)19(22)23/h10-13,16-17H,2-9H2,1H3,(H,20,21)(H,22,23)/t16-,17+/m1/s1. The number of hydrogen-bond acceptors (Lipinski definition) is 2. The van der Waals surface area contributed by atoms with Gasteiger partial charge in [-0.15, -0.1) is 0 Å². The van der Waals surface area contributed by atoms with Crippen LogP contribution in [0.2, 0.25) is 0 Å². The molecule has 0 spiro atoms. The van der Waals surface area contributed by atoms with Crippen LogP contribution in [-0.4, -0.2) is 23.0 Å². The predicted molar refractivity (Wildman–Crippen MR) is 90.3 cm³/mol. The Morgan fingerprint density at radius 1 is 1.13 bits per heavy atom. The average molecular weight is 317 g/mol. The van der Waals surface area contributed by atoms with E-state index in [1.807, 2.05) is 0 Å². The average Bonchev–Trinajstić information content (AvgIpc) is 2.75. The molecule has 1 saturated carbocycles. The molecule has 2 atom stereocenters. The topological polar surface area (TPSA) is 66.4 Å². The van der Waals surface area contributed by atoms with Gasteiger partial charge in [-0.05, 0) is 38.2 Å². The van der Waals surface area contributed by atoms with Crippen molar-refractivity contribution in [1.82, 2.24) is 5.32 Å². The maximum Gasteiger partial charge on any atom is 0.308 e. The van der Waals surface area contributed by atoms with E-state index in [0.29, 0.717) is 12.8 Å². The van der Waals surface area contributed by atoms with Crippen LogP contribution in [0.5, 0.6) is 0 Å². The van der Waals surface area contributed by atoms with E-state index in [9.17, 15) is 14.7 Å². The lowest BCUT2D eigenvalue weighted by Crippen LogP contribution is -2.42. The number of amides is 1. The highest BCUT2D eigenvalue weighted by atomic mass is 16.4. The predicted octanol–water partition coefficient (Wildman–Crippen LogP) is 3.47. The molecule has 4 nitrogen and oxygen atoms in total. The van der Waals surface area contributed by atoms with Gasteiger partial charge in [-0.25, -0.2) is 0 Å². The van der Waals surface area contributed by atoms with E-state index in [1.54, 1.807) is 0 Å². The molecule has 0 heterocycles. The monoisotopic (exact) mass is 317 g/mol. The molecule has 2 N–H and O–H groups in total. The number of rotatable bonds is 6. The molecule has 1 aliphatic rings. The lowest BCUT2D eigenvalue weighted by molar-refractivity contribution is -0.143. The van der Waals surface area contributed by atoms with Crippen LogP contribution in [0.15, 0.2) is 24.3 Å². The van der Waals surface area contributed by atoms with E-state index in [4.69, 9.17) is 0 Å². The van der Waals surface area contributed by atoms with E-state index >= 15 is 0 Å². The summed E-state index contributed by atoms with van der Waals surface area (Å²) in [5.41, 5.74) is 2.47. The molecule has 0 bridgehead atoms. The fraction of sp³-hybridized carbons (Fsp3) is 0.579. The van der Waals surface area contributed by atoms with Gasteiger partial charge in [0.1, 0.15) is 0 Å². The molecule has 0 saturated heterocycles.